The molecule has 5 rings (SSSR count). The van der Waals surface area contributed by atoms with E-state index in [0.717, 1.165) is 22.5 Å². The molecule has 2 amide bonds. The number of hydrogen-bond donors (Lipinski definition) is 3. The first kappa shape index (κ1) is 27.9. The van der Waals surface area contributed by atoms with Crippen LogP contribution in [0, 0.1) is 18.3 Å². The molecule has 10 heteroatoms. The van der Waals surface area contributed by atoms with Crippen molar-refractivity contribution >= 4 is 29.0 Å². The molecule has 42 heavy (non-hydrogen) atoms. The summed E-state index contributed by atoms with van der Waals surface area (Å²) in [5.74, 6) is 1.04. The van der Waals surface area contributed by atoms with Crippen LogP contribution in [0.1, 0.15) is 37.7 Å². The van der Waals surface area contributed by atoms with E-state index in [1.807, 2.05) is 70.2 Å². The summed E-state index contributed by atoms with van der Waals surface area (Å²) in [4.78, 5) is 35.5. The first-order valence-electron chi connectivity index (χ1n) is 13.3. The van der Waals surface area contributed by atoms with E-state index in [1.54, 1.807) is 43.0 Å². The number of urea groups is 1. The van der Waals surface area contributed by atoms with E-state index in [0.29, 0.717) is 40.0 Å². The third-order valence-corrected chi connectivity index (χ3v) is 6.33. The normalized spacial score (nSPS) is 10.9. The van der Waals surface area contributed by atoms with Crippen LogP contribution in [0.3, 0.4) is 0 Å². The summed E-state index contributed by atoms with van der Waals surface area (Å²) in [6.45, 7) is 8.00. The Morgan fingerprint density at radius 2 is 1.69 bits per heavy atom. The highest BCUT2D eigenvalue weighted by Crippen LogP contribution is 2.30. The number of anilines is 4. The quantitative estimate of drug-likeness (QED) is 0.206. The van der Waals surface area contributed by atoms with Crippen molar-refractivity contribution < 1.29 is 4.79 Å². The molecule has 3 aromatic heterocycles. The number of carbonyl (C=O) groups is 1. The Morgan fingerprint density at radius 3 is 2.45 bits per heavy atom. The van der Waals surface area contributed by atoms with E-state index in [4.69, 9.17) is 4.98 Å². The fraction of sp³-hybridized carbons (Fsp3) is 0.156. The molecule has 0 radical (unpaired) electrons. The molecule has 208 valence electrons. The maximum Gasteiger partial charge on any atom is 0.323 e. The monoisotopic (exact) mass is 555 g/mol. The largest absolute Gasteiger partial charge is 0.324 e. The molecule has 0 saturated carbocycles. The average Bonchev–Trinajstić information content (AvgIpc) is 2.99. The first-order valence-corrected chi connectivity index (χ1v) is 13.3. The van der Waals surface area contributed by atoms with E-state index >= 15 is 0 Å². The highest BCUT2D eigenvalue weighted by atomic mass is 16.2. The number of pyridine rings is 1. The fourth-order valence-electron chi connectivity index (χ4n) is 4.12. The van der Waals surface area contributed by atoms with Gasteiger partial charge >= 0.3 is 6.03 Å². The van der Waals surface area contributed by atoms with E-state index in [1.165, 1.54) is 0 Å². The maximum absolute atomic E-state index is 13.1. The van der Waals surface area contributed by atoms with Gasteiger partial charge in [-0.3, -0.25) is 4.98 Å². The Labute approximate surface area is 244 Å². The van der Waals surface area contributed by atoms with Gasteiger partial charge < -0.3 is 16.0 Å². The summed E-state index contributed by atoms with van der Waals surface area (Å²) in [6.07, 6.45) is 6.73. The van der Waals surface area contributed by atoms with Gasteiger partial charge in [0.2, 0.25) is 5.95 Å². The van der Waals surface area contributed by atoms with Crippen LogP contribution in [0.4, 0.5) is 27.8 Å². The number of benzene rings is 2. The number of aryl methyl sites for hydroxylation is 1. The van der Waals surface area contributed by atoms with Gasteiger partial charge in [-0.25, -0.2) is 24.7 Å². The minimum absolute atomic E-state index is 0.311. The van der Waals surface area contributed by atoms with Crippen molar-refractivity contribution in [1.82, 2.24) is 24.9 Å². The molecule has 0 unspecified atom stereocenters. The number of nitrogens with one attached hydrogen (secondary N) is 3. The third kappa shape index (κ3) is 6.54. The zero-order valence-corrected chi connectivity index (χ0v) is 23.7. The molecule has 0 bridgehead atoms. The van der Waals surface area contributed by atoms with E-state index in [9.17, 15) is 10.1 Å². The number of rotatable bonds is 6. The van der Waals surface area contributed by atoms with Crippen LogP contribution in [-0.2, 0) is 5.41 Å². The second-order valence-corrected chi connectivity index (χ2v) is 10.6. The van der Waals surface area contributed by atoms with Gasteiger partial charge in [0.25, 0.3) is 0 Å². The van der Waals surface area contributed by atoms with Crippen molar-refractivity contribution in [3.63, 3.8) is 0 Å². The molecule has 2 aromatic carbocycles. The van der Waals surface area contributed by atoms with Crippen molar-refractivity contribution in [3.8, 4) is 28.6 Å². The number of hydrogen-bond acceptors (Lipinski definition) is 8. The lowest BCUT2D eigenvalue weighted by atomic mass is 9.95. The van der Waals surface area contributed by atoms with Crippen molar-refractivity contribution in [1.29, 1.82) is 5.26 Å². The Morgan fingerprint density at radius 1 is 0.857 bits per heavy atom. The van der Waals surface area contributed by atoms with Gasteiger partial charge in [-0.1, -0.05) is 39.0 Å². The highest BCUT2D eigenvalue weighted by molar-refractivity contribution is 6.02. The zero-order valence-electron chi connectivity index (χ0n) is 23.7. The fourth-order valence-corrected chi connectivity index (χ4v) is 4.12. The van der Waals surface area contributed by atoms with Gasteiger partial charge in [0.1, 0.15) is 5.82 Å². The van der Waals surface area contributed by atoms with Gasteiger partial charge in [0.15, 0.2) is 0 Å². The summed E-state index contributed by atoms with van der Waals surface area (Å²) in [5, 5.41) is 18.4. The topological polar surface area (TPSA) is 141 Å². The number of amides is 2. The standard InChI is InChI=1S/C32H29N9O/c1-20-10-11-24(16-26(20)39-30-35-14-12-25(38-30)23-9-6-13-34-18-23)37-31(42)40-27-19-36-29(32(2,3)4)41-28(27)22-8-5-7-21(15-22)17-33/h5-16,18-19H,1-4H3,(H,35,38,39)(H2,37,40,42). The molecule has 5 aromatic rings. The molecule has 10 nitrogen and oxygen atoms in total. The predicted molar refractivity (Wildman–Crippen MR) is 163 cm³/mol. The number of nitrogens with zero attached hydrogens (tertiary/aromatic N) is 6. The SMILES string of the molecule is Cc1ccc(NC(=O)Nc2cnc(C(C)(C)C)nc2-c2cccc(C#N)c2)cc1Nc1nccc(-c2cccnc2)n1. The lowest BCUT2D eigenvalue weighted by Gasteiger charge is -2.19. The Bertz CT molecular complexity index is 1790. The molecular formula is C32H29N9O. The van der Waals surface area contributed by atoms with Crippen molar-refractivity contribution in [3.05, 3.63) is 102 Å². The van der Waals surface area contributed by atoms with Crippen molar-refractivity contribution in [2.45, 2.75) is 33.1 Å². The number of nitriles is 1. The molecule has 0 aliphatic carbocycles. The van der Waals surface area contributed by atoms with E-state index in [2.05, 4.69) is 42.0 Å². The molecule has 0 fully saturated rings. The zero-order chi connectivity index (χ0) is 29.7. The summed E-state index contributed by atoms with van der Waals surface area (Å²) >= 11 is 0. The Balaban J connectivity index is 1.37. The molecular weight excluding hydrogens is 526 g/mol. The smallest absolute Gasteiger partial charge is 0.323 e. The van der Waals surface area contributed by atoms with E-state index in [-0.39, 0.29) is 5.41 Å². The molecule has 3 N–H and O–H groups in total. The van der Waals surface area contributed by atoms with Gasteiger partial charge in [-0.05, 0) is 55.0 Å². The number of carbonyl (C=O) groups excluding carboxylic acids is 1. The van der Waals surface area contributed by atoms with Crippen LogP contribution in [0.2, 0.25) is 0 Å². The molecule has 0 aliphatic heterocycles. The maximum atomic E-state index is 13.1. The third-order valence-electron chi connectivity index (χ3n) is 6.33. The Kier molecular flexibility index (Phi) is 7.84. The summed E-state index contributed by atoms with van der Waals surface area (Å²) in [6, 6.07) is 19.9. The highest BCUT2D eigenvalue weighted by Gasteiger charge is 2.21. The second kappa shape index (κ2) is 11.8. The van der Waals surface area contributed by atoms with Crippen LogP contribution in [0.25, 0.3) is 22.5 Å². The molecule has 3 heterocycles. The van der Waals surface area contributed by atoms with Crippen molar-refractivity contribution in [2.24, 2.45) is 0 Å². The predicted octanol–water partition coefficient (Wildman–Crippen LogP) is 6.86. The summed E-state index contributed by atoms with van der Waals surface area (Å²) < 4.78 is 0. The van der Waals surface area contributed by atoms with Gasteiger partial charge in [0.05, 0.1) is 34.9 Å². The molecule has 0 spiro atoms. The molecule has 0 aliphatic rings. The van der Waals surface area contributed by atoms with E-state index < -0.39 is 6.03 Å². The number of aromatic nitrogens is 5. The van der Waals surface area contributed by atoms with Gasteiger partial charge in [-0.15, -0.1) is 0 Å². The van der Waals surface area contributed by atoms with Crippen LogP contribution in [0.15, 0.2) is 85.5 Å². The minimum Gasteiger partial charge on any atom is -0.324 e. The lowest BCUT2D eigenvalue weighted by molar-refractivity contribution is 0.262. The van der Waals surface area contributed by atoms with Crippen LogP contribution >= 0.6 is 0 Å². The van der Waals surface area contributed by atoms with Crippen LogP contribution < -0.4 is 16.0 Å². The lowest BCUT2D eigenvalue weighted by Crippen LogP contribution is -2.22. The minimum atomic E-state index is -0.468. The second-order valence-electron chi connectivity index (χ2n) is 10.6. The van der Waals surface area contributed by atoms with Crippen molar-refractivity contribution in [2.75, 3.05) is 16.0 Å². The van der Waals surface area contributed by atoms with Crippen LogP contribution in [0.5, 0.6) is 0 Å². The summed E-state index contributed by atoms with van der Waals surface area (Å²) in [5.41, 5.74) is 5.69. The van der Waals surface area contributed by atoms with Gasteiger partial charge in [0, 0.05) is 46.5 Å². The molecule has 0 atom stereocenters. The van der Waals surface area contributed by atoms with Gasteiger partial charge in [-0.2, -0.15) is 5.26 Å². The molecule has 0 saturated heterocycles. The Hall–Kier alpha value is -5.69. The average molecular weight is 556 g/mol. The van der Waals surface area contributed by atoms with Crippen LogP contribution in [-0.4, -0.2) is 31.0 Å². The first-order chi connectivity index (χ1) is 20.2. The summed E-state index contributed by atoms with van der Waals surface area (Å²) in [7, 11) is 0.